The van der Waals surface area contributed by atoms with Crippen molar-refractivity contribution in [1.29, 1.82) is 0 Å². The molecule has 0 bridgehead atoms. The molecule has 0 atom stereocenters. The zero-order valence-electron chi connectivity index (χ0n) is 11.2. The van der Waals surface area contributed by atoms with E-state index in [4.69, 9.17) is 0 Å². The van der Waals surface area contributed by atoms with Gasteiger partial charge in [-0.05, 0) is 12.1 Å². The molecule has 1 fully saturated rings. The topological polar surface area (TPSA) is 65.5 Å². The first-order valence-electron chi connectivity index (χ1n) is 6.30. The first kappa shape index (κ1) is 13.3. The molecule has 6 heteroatoms. The van der Waals surface area contributed by atoms with Crippen molar-refractivity contribution in [1.82, 2.24) is 9.88 Å². The van der Waals surface area contributed by atoms with Crippen molar-refractivity contribution in [3.05, 3.63) is 18.3 Å². The molecule has 2 amide bonds. The maximum absolute atomic E-state index is 11.2. The molecular formula is C13H18N4O2. The monoisotopic (exact) mass is 262 g/mol. The summed E-state index contributed by atoms with van der Waals surface area (Å²) in [5, 5.41) is 2.64. The molecule has 0 radical (unpaired) electrons. The number of amides is 2. The van der Waals surface area contributed by atoms with Crippen LogP contribution in [0.2, 0.25) is 0 Å². The summed E-state index contributed by atoms with van der Waals surface area (Å²) >= 11 is 0. The van der Waals surface area contributed by atoms with Crippen molar-refractivity contribution in [2.75, 3.05) is 36.4 Å². The number of anilines is 2. The molecule has 0 aromatic carbocycles. The lowest BCUT2D eigenvalue weighted by Gasteiger charge is -2.35. The number of rotatable bonds is 2. The number of hydrogen-bond donors (Lipinski definition) is 1. The molecule has 0 aliphatic carbocycles. The lowest BCUT2D eigenvalue weighted by atomic mass is 10.2. The van der Waals surface area contributed by atoms with E-state index < -0.39 is 0 Å². The molecule has 19 heavy (non-hydrogen) atoms. The maximum Gasteiger partial charge on any atom is 0.222 e. The van der Waals surface area contributed by atoms with Gasteiger partial charge < -0.3 is 15.1 Å². The van der Waals surface area contributed by atoms with Crippen LogP contribution in [-0.2, 0) is 9.59 Å². The van der Waals surface area contributed by atoms with Gasteiger partial charge in [0.25, 0.3) is 0 Å². The maximum atomic E-state index is 11.2. The van der Waals surface area contributed by atoms with Crippen LogP contribution in [0.1, 0.15) is 13.8 Å². The third-order valence-electron chi connectivity index (χ3n) is 3.14. The van der Waals surface area contributed by atoms with Crippen LogP contribution in [0.5, 0.6) is 0 Å². The second-order valence-corrected chi connectivity index (χ2v) is 4.58. The summed E-state index contributed by atoms with van der Waals surface area (Å²) in [4.78, 5) is 30.4. The van der Waals surface area contributed by atoms with Gasteiger partial charge in [-0.15, -0.1) is 0 Å². The van der Waals surface area contributed by atoms with Crippen molar-refractivity contribution in [3.8, 4) is 0 Å². The van der Waals surface area contributed by atoms with Crippen molar-refractivity contribution in [2.24, 2.45) is 0 Å². The van der Waals surface area contributed by atoms with Crippen molar-refractivity contribution >= 4 is 23.3 Å². The van der Waals surface area contributed by atoms with E-state index in [1.165, 1.54) is 6.92 Å². The molecule has 2 rings (SSSR count). The molecule has 0 saturated carbocycles. The Bertz CT molecular complexity index is 464. The Kier molecular flexibility index (Phi) is 3.99. The Hall–Kier alpha value is -2.11. The fourth-order valence-corrected chi connectivity index (χ4v) is 2.11. The summed E-state index contributed by atoms with van der Waals surface area (Å²) in [5.74, 6) is 0.549. The highest BCUT2D eigenvalue weighted by atomic mass is 16.2. The van der Waals surface area contributed by atoms with E-state index in [0.29, 0.717) is 5.82 Å². The van der Waals surface area contributed by atoms with E-state index in [2.05, 4.69) is 15.2 Å². The fraction of sp³-hybridized carbons (Fsp3) is 0.462. The second-order valence-electron chi connectivity index (χ2n) is 4.58. The largest absolute Gasteiger partial charge is 0.367 e. The van der Waals surface area contributed by atoms with Crippen LogP contribution in [0.25, 0.3) is 0 Å². The predicted molar refractivity (Wildman–Crippen MR) is 73.0 cm³/mol. The normalized spacial score (nSPS) is 15.3. The van der Waals surface area contributed by atoms with Crippen molar-refractivity contribution < 1.29 is 9.59 Å². The van der Waals surface area contributed by atoms with E-state index in [1.54, 1.807) is 19.2 Å². The van der Waals surface area contributed by atoms with Crippen LogP contribution in [-0.4, -0.2) is 47.9 Å². The summed E-state index contributed by atoms with van der Waals surface area (Å²) in [7, 11) is 0. The zero-order chi connectivity index (χ0) is 13.8. The number of carbonyl (C=O) groups excluding carboxylic acids is 2. The highest BCUT2D eigenvalue weighted by Gasteiger charge is 2.18. The number of carbonyl (C=O) groups is 2. The van der Waals surface area contributed by atoms with Gasteiger partial charge in [0.05, 0.1) is 11.9 Å². The minimum absolute atomic E-state index is 0.124. The SMILES string of the molecule is CC(=O)Nc1ccc(N2CCN(C(C)=O)CC2)cn1. The summed E-state index contributed by atoms with van der Waals surface area (Å²) in [6.45, 7) is 6.14. The number of pyridine rings is 1. The fourth-order valence-electron chi connectivity index (χ4n) is 2.11. The number of piperazine rings is 1. The van der Waals surface area contributed by atoms with Crippen LogP contribution in [0.3, 0.4) is 0 Å². The first-order chi connectivity index (χ1) is 9.06. The molecule has 1 aliphatic rings. The smallest absolute Gasteiger partial charge is 0.222 e. The summed E-state index contributed by atoms with van der Waals surface area (Å²) in [5.41, 5.74) is 1.01. The van der Waals surface area contributed by atoms with Gasteiger partial charge in [-0.3, -0.25) is 9.59 Å². The van der Waals surface area contributed by atoms with E-state index in [0.717, 1.165) is 31.9 Å². The average molecular weight is 262 g/mol. The Labute approximate surface area is 112 Å². The third kappa shape index (κ3) is 3.43. The van der Waals surface area contributed by atoms with Gasteiger partial charge in [-0.2, -0.15) is 0 Å². The van der Waals surface area contributed by atoms with Gasteiger partial charge in [-0.25, -0.2) is 4.98 Å². The Balaban J connectivity index is 1.96. The Morgan fingerprint density at radius 3 is 2.32 bits per heavy atom. The van der Waals surface area contributed by atoms with Crippen LogP contribution < -0.4 is 10.2 Å². The van der Waals surface area contributed by atoms with Crippen LogP contribution >= 0.6 is 0 Å². The zero-order valence-corrected chi connectivity index (χ0v) is 11.2. The molecule has 1 aromatic heterocycles. The van der Waals surface area contributed by atoms with E-state index >= 15 is 0 Å². The van der Waals surface area contributed by atoms with E-state index in [-0.39, 0.29) is 11.8 Å². The molecule has 0 unspecified atom stereocenters. The lowest BCUT2D eigenvalue weighted by molar-refractivity contribution is -0.129. The van der Waals surface area contributed by atoms with Gasteiger partial charge in [0.15, 0.2) is 0 Å². The molecule has 1 N–H and O–H groups in total. The number of nitrogens with one attached hydrogen (secondary N) is 1. The predicted octanol–water partition coefficient (Wildman–Crippen LogP) is 0.708. The third-order valence-corrected chi connectivity index (χ3v) is 3.14. The Morgan fingerprint density at radius 1 is 1.16 bits per heavy atom. The number of hydrogen-bond acceptors (Lipinski definition) is 4. The highest BCUT2D eigenvalue weighted by Crippen LogP contribution is 2.17. The first-order valence-corrected chi connectivity index (χ1v) is 6.30. The molecule has 2 heterocycles. The average Bonchev–Trinajstić information content (AvgIpc) is 2.39. The second kappa shape index (κ2) is 5.69. The van der Waals surface area contributed by atoms with Crippen LogP contribution in [0, 0.1) is 0 Å². The highest BCUT2D eigenvalue weighted by molar-refractivity contribution is 5.87. The quantitative estimate of drug-likeness (QED) is 0.852. The van der Waals surface area contributed by atoms with Gasteiger partial charge >= 0.3 is 0 Å². The van der Waals surface area contributed by atoms with Gasteiger partial charge in [-0.1, -0.05) is 0 Å². The van der Waals surface area contributed by atoms with Gasteiger partial charge in [0, 0.05) is 40.0 Å². The van der Waals surface area contributed by atoms with E-state index in [1.807, 2.05) is 11.0 Å². The summed E-state index contributed by atoms with van der Waals surface area (Å²) in [6, 6.07) is 3.72. The Morgan fingerprint density at radius 2 is 1.84 bits per heavy atom. The number of nitrogens with zero attached hydrogens (tertiary/aromatic N) is 3. The molecule has 1 aromatic rings. The minimum atomic E-state index is -0.129. The summed E-state index contributed by atoms with van der Waals surface area (Å²) < 4.78 is 0. The number of aromatic nitrogens is 1. The summed E-state index contributed by atoms with van der Waals surface area (Å²) in [6.07, 6.45) is 1.74. The van der Waals surface area contributed by atoms with Gasteiger partial charge in [0.1, 0.15) is 5.82 Å². The van der Waals surface area contributed by atoms with E-state index in [9.17, 15) is 9.59 Å². The molecule has 0 spiro atoms. The van der Waals surface area contributed by atoms with Crippen molar-refractivity contribution in [3.63, 3.8) is 0 Å². The van der Waals surface area contributed by atoms with Crippen LogP contribution in [0.4, 0.5) is 11.5 Å². The van der Waals surface area contributed by atoms with Crippen molar-refractivity contribution in [2.45, 2.75) is 13.8 Å². The molecular weight excluding hydrogens is 244 g/mol. The molecule has 1 saturated heterocycles. The minimum Gasteiger partial charge on any atom is -0.367 e. The molecule has 6 nitrogen and oxygen atoms in total. The molecule has 102 valence electrons. The molecule has 1 aliphatic heterocycles. The van der Waals surface area contributed by atoms with Crippen LogP contribution in [0.15, 0.2) is 18.3 Å². The standard InChI is InChI=1S/C13H18N4O2/c1-10(18)15-13-4-3-12(9-14-13)17-7-5-16(6-8-17)11(2)19/h3-4,9H,5-8H2,1-2H3,(H,14,15,18). The lowest BCUT2D eigenvalue weighted by Crippen LogP contribution is -2.48. The van der Waals surface area contributed by atoms with Gasteiger partial charge in [0.2, 0.25) is 11.8 Å².